The Labute approximate surface area is 209 Å². The van der Waals surface area contributed by atoms with Gasteiger partial charge in [0.05, 0.1) is 4.90 Å². The van der Waals surface area contributed by atoms with Gasteiger partial charge in [0.25, 0.3) is 10.1 Å². The molecule has 0 bridgehead atoms. The molecule has 0 heterocycles. The van der Waals surface area contributed by atoms with Gasteiger partial charge < -0.3 is 0 Å². The van der Waals surface area contributed by atoms with Crippen molar-refractivity contribution in [1.82, 2.24) is 0 Å². The Balaban J connectivity index is 3.56. The number of halogens is 19. The van der Waals surface area contributed by atoms with E-state index < -0.39 is 75.2 Å². The summed E-state index contributed by atoms with van der Waals surface area (Å²) in [6, 6.07) is 2.89. The van der Waals surface area contributed by atoms with Crippen LogP contribution in [0, 0.1) is 6.92 Å². The van der Waals surface area contributed by atoms with E-state index in [0.717, 1.165) is 12.1 Å². The second kappa shape index (κ2) is 9.68. The highest BCUT2D eigenvalue weighted by atomic mass is 32.2. The molecule has 0 aromatic heterocycles. The molecular weight excluding hydrogens is 645 g/mol. The highest BCUT2D eigenvalue weighted by molar-refractivity contribution is 7.86. The lowest BCUT2D eigenvalue weighted by molar-refractivity contribution is -0.469. The summed E-state index contributed by atoms with van der Waals surface area (Å²) in [6.07, 6.45) is -7.97. The molecule has 23 heteroatoms. The van der Waals surface area contributed by atoms with Gasteiger partial charge in [-0.3, -0.25) is 4.18 Å². The third kappa shape index (κ3) is 5.03. The number of rotatable bonds is 11. The SMILES string of the molecule is Cc1ccc(S(=O)(=O)OCC(F)(F)C(F)(F)C(F)(F)C(F)(F)C(F)(F)C(F)(F)C(F)(F)C(F)(F)C(F)(F)F)cc1. The maximum atomic E-state index is 13.8. The smallest absolute Gasteiger partial charge is 0.260 e. The van der Waals surface area contributed by atoms with E-state index >= 15 is 0 Å². The van der Waals surface area contributed by atoms with Crippen molar-refractivity contribution in [3.05, 3.63) is 29.8 Å². The van der Waals surface area contributed by atoms with Crippen LogP contribution in [-0.4, -0.2) is 68.6 Å². The average molecular weight is 654 g/mol. The summed E-state index contributed by atoms with van der Waals surface area (Å²) in [4.78, 5) is -1.17. The monoisotopic (exact) mass is 654 g/mol. The molecule has 0 N–H and O–H groups in total. The molecule has 0 aliphatic rings. The van der Waals surface area contributed by atoms with Crippen LogP contribution >= 0.6 is 0 Å². The third-order valence-electron chi connectivity index (χ3n) is 4.89. The molecule has 0 aliphatic carbocycles. The second-order valence-corrected chi connectivity index (χ2v) is 9.37. The zero-order chi connectivity index (χ0) is 32.4. The first-order valence-electron chi connectivity index (χ1n) is 9.26. The van der Waals surface area contributed by atoms with Gasteiger partial charge in [0.2, 0.25) is 0 Å². The van der Waals surface area contributed by atoms with Gasteiger partial charge in [-0.2, -0.15) is 91.8 Å². The summed E-state index contributed by atoms with van der Waals surface area (Å²) in [5.74, 6) is -68.2. The first kappa shape index (κ1) is 35.8. The van der Waals surface area contributed by atoms with Crippen LogP contribution in [0.3, 0.4) is 0 Å². The van der Waals surface area contributed by atoms with Crippen LogP contribution in [0.15, 0.2) is 29.2 Å². The van der Waals surface area contributed by atoms with Crippen molar-refractivity contribution in [2.24, 2.45) is 0 Å². The molecule has 0 radical (unpaired) electrons. The minimum absolute atomic E-state index is 0.272. The molecule has 0 saturated carbocycles. The van der Waals surface area contributed by atoms with E-state index in [1.165, 1.54) is 6.92 Å². The molecule has 0 aliphatic heterocycles. The Morgan fingerprint density at radius 2 is 0.825 bits per heavy atom. The predicted octanol–water partition coefficient (Wildman–Crippen LogP) is 7.35. The van der Waals surface area contributed by atoms with Crippen LogP contribution in [0.4, 0.5) is 83.4 Å². The average Bonchev–Trinajstić information content (AvgIpc) is 2.76. The van der Waals surface area contributed by atoms with Gasteiger partial charge in [0, 0.05) is 0 Å². The van der Waals surface area contributed by atoms with Crippen LogP contribution < -0.4 is 0 Å². The number of hydrogen-bond acceptors (Lipinski definition) is 3. The Bertz CT molecular complexity index is 1170. The lowest BCUT2D eigenvalue weighted by Gasteiger charge is -2.43. The molecule has 0 fully saturated rings. The highest BCUT2D eigenvalue weighted by Gasteiger charge is 2.96. The number of alkyl halides is 19. The molecule has 1 aromatic rings. The zero-order valence-electron chi connectivity index (χ0n) is 18.3. The van der Waals surface area contributed by atoms with Gasteiger partial charge in [-0.1, -0.05) is 17.7 Å². The number of hydrogen-bond donors (Lipinski definition) is 0. The maximum absolute atomic E-state index is 13.8. The summed E-state index contributed by atoms with van der Waals surface area (Å²) < 4.78 is 279. The molecule has 0 atom stereocenters. The largest absolute Gasteiger partial charge is 0.460 e. The van der Waals surface area contributed by atoms with Gasteiger partial charge in [-0.05, 0) is 19.1 Å². The Morgan fingerprint density at radius 3 is 1.15 bits per heavy atom. The number of aryl methyl sites for hydroxylation is 1. The normalized spacial score (nSPS) is 15.9. The minimum Gasteiger partial charge on any atom is -0.260 e. The lowest BCUT2D eigenvalue weighted by atomic mass is 9.87. The molecule has 0 spiro atoms. The van der Waals surface area contributed by atoms with E-state index in [1.54, 1.807) is 0 Å². The summed E-state index contributed by atoms with van der Waals surface area (Å²) in [5, 5.41) is 0. The molecule has 0 amide bonds. The van der Waals surface area contributed by atoms with Crippen molar-refractivity contribution in [2.75, 3.05) is 6.61 Å². The van der Waals surface area contributed by atoms with Crippen LogP contribution in [0.1, 0.15) is 5.56 Å². The van der Waals surface area contributed by atoms with Gasteiger partial charge in [-0.15, -0.1) is 0 Å². The van der Waals surface area contributed by atoms with Crippen molar-refractivity contribution < 1.29 is 96.0 Å². The van der Waals surface area contributed by atoms with Crippen molar-refractivity contribution in [3.8, 4) is 0 Å². The summed E-state index contributed by atoms with van der Waals surface area (Å²) >= 11 is 0. The molecule has 40 heavy (non-hydrogen) atoms. The van der Waals surface area contributed by atoms with Crippen molar-refractivity contribution in [1.29, 1.82) is 0 Å². The van der Waals surface area contributed by atoms with Crippen molar-refractivity contribution >= 4 is 10.1 Å². The van der Waals surface area contributed by atoms with E-state index in [-0.39, 0.29) is 5.56 Å². The summed E-state index contributed by atoms with van der Waals surface area (Å²) in [6.45, 7) is -2.32. The van der Waals surface area contributed by atoms with Crippen molar-refractivity contribution in [3.63, 3.8) is 0 Å². The standard InChI is InChI=1S/C17H9F19O3S/c1-7-2-4-8(5-3-7)40(37,38)39-6-9(18,19)10(20,21)11(22,23)12(24,25)13(26,27)14(28,29)15(30,31)16(32,33)17(34,35)36/h2-5H,6H2,1H3. The van der Waals surface area contributed by atoms with E-state index in [9.17, 15) is 91.8 Å². The molecule has 1 aromatic carbocycles. The van der Waals surface area contributed by atoms with E-state index in [4.69, 9.17) is 0 Å². The number of benzene rings is 1. The third-order valence-corrected chi connectivity index (χ3v) is 6.16. The summed E-state index contributed by atoms with van der Waals surface area (Å²) in [5.41, 5.74) is 0.272. The van der Waals surface area contributed by atoms with Gasteiger partial charge >= 0.3 is 53.6 Å². The Hall–Kier alpha value is -2.20. The fourth-order valence-electron chi connectivity index (χ4n) is 2.41. The maximum Gasteiger partial charge on any atom is 0.460 e. The van der Waals surface area contributed by atoms with E-state index in [1.807, 2.05) is 0 Å². The quantitative estimate of drug-likeness (QED) is 0.185. The van der Waals surface area contributed by atoms with Crippen molar-refractivity contribution in [2.45, 2.75) is 65.4 Å². The van der Waals surface area contributed by atoms with Gasteiger partial charge in [0.15, 0.2) is 0 Å². The highest BCUT2D eigenvalue weighted by Crippen LogP contribution is 2.65. The molecule has 3 nitrogen and oxygen atoms in total. The Morgan fingerprint density at radius 1 is 0.525 bits per heavy atom. The summed E-state index contributed by atoms with van der Waals surface area (Å²) in [7, 11) is -5.66. The predicted molar refractivity (Wildman–Crippen MR) is 89.9 cm³/mol. The fourth-order valence-corrected chi connectivity index (χ4v) is 3.32. The second-order valence-electron chi connectivity index (χ2n) is 7.75. The van der Waals surface area contributed by atoms with E-state index in [0.29, 0.717) is 12.1 Å². The van der Waals surface area contributed by atoms with Crippen LogP contribution in [0.2, 0.25) is 0 Å². The molecule has 0 unspecified atom stereocenters. The lowest BCUT2D eigenvalue weighted by Crippen LogP contribution is -2.76. The van der Waals surface area contributed by atoms with Crippen LogP contribution in [-0.2, 0) is 14.3 Å². The van der Waals surface area contributed by atoms with Crippen LogP contribution in [0.5, 0.6) is 0 Å². The van der Waals surface area contributed by atoms with Gasteiger partial charge in [-0.25, -0.2) is 0 Å². The fraction of sp³-hybridized carbons (Fsp3) is 0.647. The first-order chi connectivity index (χ1) is 17.2. The van der Waals surface area contributed by atoms with Gasteiger partial charge in [0.1, 0.15) is 6.61 Å². The molecular formula is C17H9F19O3S. The zero-order valence-corrected chi connectivity index (χ0v) is 19.1. The first-order valence-corrected chi connectivity index (χ1v) is 10.7. The minimum atomic E-state index is -9.06. The topological polar surface area (TPSA) is 43.4 Å². The van der Waals surface area contributed by atoms with Crippen LogP contribution in [0.25, 0.3) is 0 Å². The van der Waals surface area contributed by atoms with E-state index in [2.05, 4.69) is 4.18 Å². The molecule has 1 rings (SSSR count). The molecule has 234 valence electrons. The Kier molecular flexibility index (Phi) is 8.67. The molecule has 0 saturated heterocycles.